The van der Waals surface area contributed by atoms with Gasteiger partial charge in [-0.25, -0.2) is 0 Å². The highest BCUT2D eigenvalue weighted by molar-refractivity contribution is 6.43. The van der Waals surface area contributed by atoms with Crippen molar-refractivity contribution >= 4 is 34.8 Å². The van der Waals surface area contributed by atoms with Gasteiger partial charge in [0, 0.05) is 38.4 Å². The standard InChI is InChI=1S/C31H40Cl2N4O/c1-3-4-5-9-18-37-23(2)28(31(34)38)25(30(37)24-12-7-6-8-13-24)14-11-17-35-19-21-36(22-20-35)27-16-10-15-26(32)29(27)33/h6-8,10,12-13,15-16H,3-5,9,11,14,17-22H2,1-2H3,(H2,34,38). The van der Waals surface area contributed by atoms with Gasteiger partial charge in [-0.15, -0.1) is 0 Å². The predicted octanol–water partition coefficient (Wildman–Crippen LogP) is 7.20. The Morgan fingerprint density at radius 3 is 2.32 bits per heavy atom. The highest BCUT2D eigenvalue weighted by atomic mass is 35.5. The number of carbonyl (C=O) groups is 1. The van der Waals surface area contributed by atoms with Crippen LogP contribution in [-0.4, -0.2) is 48.1 Å². The number of aromatic nitrogens is 1. The second-order valence-electron chi connectivity index (χ2n) is 10.2. The molecule has 0 radical (unpaired) electrons. The van der Waals surface area contributed by atoms with E-state index in [9.17, 15) is 4.79 Å². The second-order valence-corrected chi connectivity index (χ2v) is 11.0. The fraction of sp³-hybridized carbons (Fsp3) is 0.452. The molecule has 2 aromatic carbocycles. The maximum atomic E-state index is 12.7. The van der Waals surface area contributed by atoms with Crippen LogP contribution in [0.25, 0.3) is 11.3 Å². The third-order valence-electron chi connectivity index (χ3n) is 7.70. The van der Waals surface area contributed by atoms with Crippen LogP contribution in [0.3, 0.4) is 0 Å². The number of primary amides is 1. The Hall–Kier alpha value is -2.47. The first-order valence-corrected chi connectivity index (χ1v) is 14.7. The highest BCUT2D eigenvalue weighted by Crippen LogP contribution is 2.34. The highest BCUT2D eigenvalue weighted by Gasteiger charge is 2.25. The quantitative estimate of drug-likeness (QED) is 0.241. The van der Waals surface area contributed by atoms with Crippen LogP contribution < -0.4 is 10.6 Å². The van der Waals surface area contributed by atoms with Gasteiger partial charge in [0.1, 0.15) is 0 Å². The van der Waals surface area contributed by atoms with Crippen LogP contribution in [-0.2, 0) is 13.0 Å². The Kier molecular flexibility index (Phi) is 10.2. The lowest BCUT2D eigenvalue weighted by molar-refractivity contribution is 0.0998. The van der Waals surface area contributed by atoms with Crippen LogP contribution in [0.15, 0.2) is 48.5 Å². The van der Waals surface area contributed by atoms with Crippen LogP contribution in [0.5, 0.6) is 0 Å². The lowest BCUT2D eigenvalue weighted by atomic mass is 9.99. The van der Waals surface area contributed by atoms with E-state index in [1.807, 2.05) is 24.3 Å². The zero-order valence-corrected chi connectivity index (χ0v) is 24.2. The van der Waals surface area contributed by atoms with Crippen molar-refractivity contribution in [1.29, 1.82) is 0 Å². The molecule has 4 rings (SSSR count). The molecule has 1 aromatic heterocycles. The average molecular weight is 556 g/mol. The molecule has 0 bridgehead atoms. The fourth-order valence-corrected chi connectivity index (χ4v) is 6.12. The van der Waals surface area contributed by atoms with Crippen molar-refractivity contribution in [3.05, 3.63) is 75.4 Å². The lowest BCUT2D eigenvalue weighted by Gasteiger charge is -2.36. The minimum absolute atomic E-state index is 0.325. The molecule has 2 heterocycles. The van der Waals surface area contributed by atoms with Gasteiger partial charge >= 0.3 is 0 Å². The molecular formula is C31H40Cl2N4O. The molecule has 0 aliphatic carbocycles. The van der Waals surface area contributed by atoms with E-state index < -0.39 is 0 Å². The van der Waals surface area contributed by atoms with Gasteiger partial charge in [-0.3, -0.25) is 9.69 Å². The summed E-state index contributed by atoms with van der Waals surface area (Å²) in [6.45, 7) is 9.92. The number of halogens is 2. The van der Waals surface area contributed by atoms with Crippen LogP contribution in [0.2, 0.25) is 10.0 Å². The SMILES string of the molecule is CCCCCCn1c(C)c(C(N)=O)c(CCCN2CCN(c3cccc(Cl)c3Cl)CC2)c1-c1ccccc1. The molecule has 1 saturated heterocycles. The van der Waals surface area contributed by atoms with E-state index in [1.54, 1.807) is 0 Å². The maximum absolute atomic E-state index is 12.7. The van der Waals surface area contributed by atoms with E-state index in [0.29, 0.717) is 15.6 Å². The second kappa shape index (κ2) is 13.5. The molecule has 0 unspecified atom stereocenters. The van der Waals surface area contributed by atoms with Gasteiger partial charge in [-0.2, -0.15) is 0 Å². The smallest absolute Gasteiger partial charge is 0.250 e. The molecule has 5 nitrogen and oxygen atoms in total. The summed E-state index contributed by atoms with van der Waals surface area (Å²) in [7, 11) is 0. The van der Waals surface area contributed by atoms with Gasteiger partial charge in [0.25, 0.3) is 5.91 Å². The number of nitrogens with zero attached hydrogens (tertiary/aromatic N) is 3. The average Bonchev–Trinajstić information content (AvgIpc) is 3.20. The van der Waals surface area contributed by atoms with E-state index in [2.05, 4.69) is 52.5 Å². The van der Waals surface area contributed by atoms with Gasteiger partial charge in [-0.05, 0) is 56.0 Å². The summed E-state index contributed by atoms with van der Waals surface area (Å²) in [4.78, 5) is 17.5. The Bertz CT molecular complexity index is 1220. The van der Waals surface area contributed by atoms with Crippen molar-refractivity contribution in [1.82, 2.24) is 9.47 Å². The zero-order chi connectivity index (χ0) is 27.1. The minimum atomic E-state index is -0.325. The van der Waals surface area contributed by atoms with Gasteiger partial charge in [0.2, 0.25) is 0 Å². The number of unbranched alkanes of at least 4 members (excludes halogenated alkanes) is 3. The Morgan fingerprint density at radius 1 is 0.895 bits per heavy atom. The molecule has 1 aliphatic rings. The van der Waals surface area contributed by atoms with Gasteiger partial charge in [-0.1, -0.05) is 85.8 Å². The molecular weight excluding hydrogens is 515 g/mol. The van der Waals surface area contributed by atoms with Crippen molar-refractivity contribution in [2.24, 2.45) is 5.73 Å². The third kappa shape index (κ3) is 6.56. The normalized spacial score (nSPS) is 14.3. The monoisotopic (exact) mass is 554 g/mol. The molecule has 1 aliphatic heterocycles. The van der Waals surface area contributed by atoms with Crippen LogP contribution in [0.4, 0.5) is 5.69 Å². The molecule has 0 atom stereocenters. The first-order valence-electron chi connectivity index (χ1n) is 13.9. The van der Waals surface area contributed by atoms with Crippen molar-refractivity contribution in [3.8, 4) is 11.3 Å². The minimum Gasteiger partial charge on any atom is -0.368 e. The number of nitrogens with two attached hydrogens (primary N) is 1. The van der Waals surface area contributed by atoms with Crippen LogP contribution in [0, 0.1) is 6.92 Å². The number of anilines is 1. The summed E-state index contributed by atoms with van der Waals surface area (Å²) < 4.78 is 2.34. The van der Waals surface area contributed by atoms with Gasteiger partial charge in [0.15, 0.2) is 0 Å². The molecule has 1 amide bonds. The number of amides is 1. The Morgan fingerprint density at radius 2 is 1.63 bits per heavy atom. The van der Waals surface area contributed by atoms with E-state index in [1.165, 1.54) is 19.3 Å². The topological polar surface area (TPSA) is 54.5 Å². The van der Waals surface area contributed by atoms with E-state index in [0.717, 1.165) is 86.7 Å². The summed E-state index contributed by atoms with van der Waals surface area (Å²) in [5, 5.41) is 1.23. The number of benzene rings is 2. The lowest BCUT2D eigenvalue weighted by Crippen LogP contribution is -2.46. The third-order valence-corrected chi connectivity index (χ3v) is 8.51. The molecule has 1 fully saturated rings. The summed E-state index contributed by atoms with van der Waals surface area (Å²) in [6.07, 6.45) is 6.52. The van der Waals surface area contributed by atoms with Crippen molar-refractivity contribution in [3.63, 3.8) is 0 Å². The Balaban J connectivity index is 1.47. The molecule has 0 saturated carbocycles. The summed E-state index contributed by atoms with van der Waals surface area (Å²) in [6, 6.07) is 16.3. The molecule has 7 heteroatoms. The van der Waals surface area contributed by atoms with E-state index in [-0.39, 0.29) is 5.91 Å². The van der Waals surface area contributed by atoms with Crippen molar-refractivity contribution in [2.75, 3.05) is 37.6 Å². The number of carbonyl (C=O) groups excluding carboxylic acids is 1. The number of rotatable bonds is 12. The van der Waals surface area contributed by atoms with E-state index >= 15 is 0 Å². The number of hydrogen-bond donors (Lipinski definition) is 1. The number of hydrogen-bond acceptors (Lipinski definition) is 3. The van der Waals surface area contributed by atoms with E-state index in [4.69, 9.17) is 28.9 Å². The molecule has 38 heavy (non-hydrogen) atoms. The maximum Gasteiger partial charge on any atom is 0.250 e. The van der Waals surface area contributed by atoms with Crippen molar-refractivity contribution in [2.45, 2.75) is 58.9 Å². The predicted molar refractivity (Wildman–Crippen MR) is 161 cm³/mol. The summed E-state index contributed by atoms with van der Waals surface area (Å²) in [5.74, 6) is -0.325. The van der Waals surface area contributed by atoms with Gasteiger partial charge in [0.05, 0.1) is 27.0 Å². The summed E-state index contributed by atoms with van der Waals surface area (Å²) in [5.41, 5.74) is 12.1. The van der Waals surface area contributed by atoms with Gasteiger partial charge < -0.3 is 15.2 Å². The largest absolute Gasteiger partial charge is 0.368 e. The Labute approximate surface area is 237 Å². The molecule has 204 valence electrons. The first kappa shape index (κ1) is 28.5. The molecule has 0 spiro atoms. The summed E-state index contributed by atoms with van der Waals surface area (Å²) >= 11 is 12.7. The molecule has 2 N–H and O–H groups in total. The van der Waals surface area contributed by atoms with Crippen LogP contribution >= 0.6 is 23.2 Å². The zero-order valence-electron chi connectivity index (χ0n) is 22.7. The van der Waals surface area contributed by atoms with Crippen molar-refractivity contribution < 1.29 is 4.79 Å². The van der Waals surface area contributed by atoms with Crippen LogP contribution in [0.1, 0.15) is 60.6 Å². The first-order chi connectivity index (χ1) is 18.4. The molecule has 3 aromatic rings. The fourth-order valence-electron chi connectivity index (χ4n) is 5.70. The number of piperazine rings is 1.